The fourth-order valence-corrected chi connectivity index (χ4v) is 2.48. The Balaban J connectivity index is 2.21. The summed E-state index contributed by atoms with van der Waals surface area (Å²) >= 11 is 0. The number of ether oxygens (including phenoxy) is 1. The van der Waals surface area contributed by atoms with Gasteiger partial charge in [-0.1, -0.05) is 30.3 Å². The van der Waals surface area contributed by atoms with Gasteiger partial charge in [0.2, 0.25) is 0 Å². The van der Waals surface area contributed by atoms with Gasteiger partial charge < -0.3 is 4.74 Å². The monoisotopic (exact) mass is 245 g/mol. The molecule has 0 radical (unpaired) electrons. The van der Waals surface area contributed by atoms with E-state index in [0.717, 1.165) is 25.9 Å². The van der Waals surface area contributed by atoms with Crippen LogP contribution in [0.5, 0.6) is 0 Å². The number of rotatable bonds is 3. The Morgan fingerprint density at radius 2 is 2.17 bits per heavy atom. The first-order valence-corrected chi connectivity index (χ1v) is 6.27. The highest BCUT2D eigenvalue weighted by Gasteiger charge is 2.25. The number of nitrogens with zero attached hydrogens (tertiary/aromatic N) is 1. The Labute approximate surface area is 108 Å². The van der Waals surface area contributed by atoms with Crippen LogP contribution in [0.2, 0.25) is 0 Å². The van der Waals surface area contributed by atoms with Gasteiger partial charge in [-0.3, -0.25) is 9.69 Å². The highest BCUT2D eigenvalue weighted by atomic mass is 16.5. The molecular weight excluding hydrogens is 226 g/mol. The Morgan fingerprint density at radius 1 is 1.44 bits per heavy atom. The highest BCUT2D eigenvalue weighted by Crippen LogP contribution is 2.20. The number of fused-ring (bicyclic) bond motifs is 1. The van der Waals surface area contributed by atoms with Gasteiger partial charge in [0, 0.05) is 6.54 Å². The number of carbonyl (C=O) groups excluding carboxylic acids is 1. The average molecular weight is 245 g/mol. The van der Waals surface area contributed by atoms with Gasteiger partial charge >= 0.3 is 5.97 Å². The first kappa shape index (κ1) is 12.8. The zero-order valence-electron chi connectivity index (χ0n) is 10.8. The largest absolute Gasteiger partial charge is 0.468 e. The molecule has 0 N–H and O–H groups in total. The molecule has 0 fully saturated rings. The molecule has 2 rings (SSSR count). The molecule has 3 heteroatoms. The number of hydrogen-bond donors (Lipinski definition) is 0. The van der Waals surface area contributed by atoms with Gasteiger partial charge in [-0.15, -0.1) is 6.58 Å². The highest BCUT2D eigenvalue weighted by molar-refractivity contribution is 5.77. The normalized spacial score (nSPS) is 17.4. The molecule has 0 aromatic heterocycles. The van der Waals surface area contributed by atoms with Crippen molar-refractivity contribution in [3.8, 4) is 0 Å². The quantitative estimate of drug-likeness (QED) is 0.604. The van der Waals surface area contributed by atoms with Crippen LogP contribution in [0.1, 0.15) is 17.5 Å². The molecule has 0 spiro atoms. The van der Waals surface area contributed by atoms with Gasteiger partial charge in [0.1, 0.15) is 6.04 Å². The van der Waals surface area contributed by atoms with Crippen LogP contribution >= 0.6 is 0 Å². The number of benzene rings is 1. The lowest BCUT2D eigenvalue weighted by Crippen LogP contribution is -2.40. The fraction of sp³-hybridized carbons (Fsp3) is 0.400. The van der Waals surface area contributed by atoms with Crippen molar-refractivity contribution in [2.75, 3.05) is 13.7 Å². The van der Waals surface area contributed by atoms with E-state index >= 15 is 0 Å². The van der Waals surface area contributed by atoms with Gasteiger partial charge in [-0.2, -0.15) is 0 Å². The second kappa shape index (κ2) is 5.83. The zero-order valence-corrected chi connectivity index (χ0v) is 10.8. The van der Waals surface area contributed by atoms with Gasteiger partial charge in [0.05, 0.1) is 7.11 Å². The van der Waals surface area contributed by atoms with E-state index in [1.165, 1.54) is 18.2 Å². The third kappa shape index (κ3) is 2.62. The van der Waals surface area contributed by atoms with Gasteiger partial charge in [0.25, 0.3) is 0 Å². The number of carbonyl (C=O) groups is 1. The van der Waals surface area contributed by atoms with E-state index < -0.39 is 0 Å². The van der Waals surface area contributed by atoms with Crippen LogP contribution in [0.25, 0.3) is 0 Å². The second-order valence-corrected chi connectivity index (χ2v) is 4.55. The lowest BCUT2D eigenvalue weighted by atomic mass is 10.0. The Bertz CT molecular complexity index is 442. The molecule has 0 saturated carbocycles. The van der Waals surface area contributed by atoms with Crippen LogP contribution in [0, 0.1) is 0 Å². The Kier molecular flexibility index (Phi) is 4.15. The molecule has 18 heavy (non-hydrogen) atoms. The molecule has 1 aromatic carbocycles. The number of methoxy groups -OCH3 is 1. The van der Waals surface area contributed by atoms with Crippen molar-refractivity contribution in [2.45, 2.75) is 25.4 Å². The summed E-state index contributed by atoms with van der Waals surface area (Å²) in [7, 11) is 1.42. The summed E-state index contributed by atoms with van der Waals surface area (Å²) in [5, 5.41) is 0. The van der Waals surface area contributed by atoms with Gasteiger partial charge in [-0.25, -0.2) is 0 Å². The summed E-state index contributed by atoms with van der Waals surface area (Å²) in [5.41, 5.74) is 2.68. The predicted molar refractivity (Wildman–Crippen MR) is 71.2 cm³/mol. The molecule has 0 aliphatic carbocycles. The average Bonchev–Trinajstić information content (AvgIpc) is 2.61. The maximum Gasteiger partial charge on any atom is 0.327 e. The molecule has 1 aromatic rings. The molecule has 0 bridgehead atoms. The molecule has 1 unspecified atom stereocenters. The maximum absolute atomic E-state index is 11.7. The van der Waals surface area contributed by atoms with Crippen LogP contribution < -0.4 is 0 Å². The van der Waals surface area contributed by atoms with Crippen LogP contribution in [0.4, 0.5) is 0 Å². The Hall–Kier alpha value is -1.61. The zero-order chi connectivity index (χ0) is 13.0. The summed E-state index contributed by atoms with van der Waals surface area (Å²) in [6, 6.07) is 8.06. The molecule has 96 valence electrons. The topological polar surface area (TPSA) is 29.5 Å². The van der Waals surface area contributed by atoms with E-state index in [2.05, 4.69) is 29.7 Å². The van der Waals surface area contributed by atoms with E-state index in [4.69, 9.17) is 4.74 Å². The van der Waals surface area contributed by atoms with Crippen molar-refractivity contribution in [1.29, 1.82) is 0 Å². The summed E-state index contributed by atoms with van der Waals surface area (Å²) in [6.07, 6.45) is 3.79. The molecule has 1 aliphatic heterocycles. The van der Waals surface area contributed by atoms with Crippen molar-refractivity contribution in [3.63, 3.8) is 0 Å². The summed E-state index contributed by atoms with van der Waals surface area (Å²) in [5.74, 6) is -0.232. The smallest absolute Gasteiger partial charge is 0.327 e. The molecule has 3 nitrogen and oxygen atoms in total. The van der Waals surface area contributed by atoms with E-state index in [0.29, 0.717) is 0 Å². The minimum atomic E-state index is -0.346. The molecule has 1 atom stereocenters. The number of esters is 1. The van der Waals surface area contributed by atoms with Gasteiger partial charge in [0.15, 0.2) is 0 Å². The van der Waals surface area contributed by atoms with Crippen molar-refractivity contribution in [2.24, 2.45) is 0 Å². The van der Waals surface area contributed by atoms with E-state index in [9.17, 15) is 4.79 Å². The molecule has 0 amide bonds. The van der Waals surface area contributed by atoms with Crippen molar-refractivity contribution in [3.05, 3.63) is 48.0 Å². The lowest BCUT2D eigenvalue weighted by Gasteiger charge is -2.26. The third-order valence-electron chi connectivity index (χ3n) is 3.44. The molecule has 1 aliphatic rings. The molecular formula is C15H19NO2. The maximum atomic E-state index is 11.7. The SMILES string of the molecule is C=CC(C(=O)OC)N1CCCc2ccccc2C1. The van der Waals surface area contributed by atoms with Crippen molar-refractivity contribution in [1.82, 2.24) is 4.90 Å². The second-order valence-electron chi connectivity index (χ2n) is 4.55. The van der Waals surface area contributed by atoms with Crippen LogP contribution in [0.3, 0.4) is 0 Å². The minimum Gasteiger partial charge on any atom is -0.468 e. The molecule has 1 heterocycles. The molecule has 0 saturated heterocycles. The number of hydrogen-bond acceptors (Lipinski definition) is 3. The third-order valence-corrected chi connectivity index (χ3v) is 3.44. The predicted octanol–water partition coefficient (Wildman–Crippen LogP) is 2.16. The summed E-state index contributed by atoms with van der Waals surface area (Å²) in [6.45, 7) is 5.42. The summed E-state index contributed by atoms with van der Waals surface area (Å²) < 4.78 is 4.83. The minimum absolute atomic E-state index is 0.232. The first-order chi connectivity index (χ1) is 8.76. The van der Waals surface area contributed by atoms with E-state index in [1.807, 2.05) is 6.07 Å². The lowest BCUT2D eigenvalue weighted by molar-refractivity contribution is -0.145. The fourth-order valence-electron chi connectivity index (χ4n) is 2.48. The van der Waals surface area contributed by atoms with Crippen molar-refractivity contribution >= 4 is 5.97 Å². The standard InChI is InChI=1S/C15H19NO2/c1-3-14(15(17)18-2)16-10-6-9-12-7-4-5-8-13(12)11-16/h3-5,7-8,14H,1,6,9-11H2,2H3. The van der Waals surface area contributed by atoms with Crippen LogP contribution in [-0.4, -0.2) is 30.6 Å². The van der Waals surface area contributed by atoms with Crippen LogP contribution in [0.15, 0.2) is 36.9 Å². The number of aryl methyl sites for hydroxylation is 1. The van der Waals surface area contributed by atoms with E-state index in [1.54, 1.807) is 6.08 Å². The first-order valence-electron chi connectivity index (χ1n) is 6.27. The van der Waals surface area contributed by atoms with Crippen molar-refractivity contribution < 1.29 is 9.53 Å². The van der Waals surface area contributed by atoms with Gasteiger partial charge in [-0.05, 0) is 30.5 Å². The van der Waals surface area contributed by atoms with E-state index in [-0.39, 0.29) is 12.0 Å². The summed E-state index contributed by atoms with van der Waals surface area (Å²) in [4.78, 5) is 13.9. The Morgan fingerprint density at radius 3 is 2.83 bits per heavy atom. The van der Waals surface area contributed by atoms with Crippen LogP contribution in [-0.2, 0) is 22.5 Å².